The van der Waals surface area contributed by atoms with Crippen molar-refractivity contribution in [2.45, 2.75) is 0 Å². The van der Waals surface area contributed by atoms with Gasteiger partial charge in [-0.1, -0.05) is 12.1 Å². The first-order valence-electron chi connectivity index (χ1n) is 6.89. The number of rotatable bonds is 3. The number of ether oxygens (including phenoxy) is 2. The summed E-state index contributed by atoms with van der Waals surface area (Å²) >= 11 is 0. The number of methoxy groups -OCH3 is 1. The maximum Gasteiger partial charge on any atom is 0.270 e. The summed E-state index contributed by atoms with van der Waals surface area (Å²) in [6, 6.07) is 11.1. The summed E-state index contributed by atoms with van der Waals surface area (Å²) in [6.07, 6.45) is 1.61. The van der Waals surface area contributed by atoms with E-state index in [9.17, 15) is 14.9 Å². The van der Waals surface area contributed by atoms with Crippen molar-refractivity contribution < 1.29 is 19.2 Å². The van der Waals surface area contributed by atoms with Crippen LogP contribution in [0.3, 0.4) is 0 Å². The Morgan fingerprint density at radius 2 is 2.09 bits per heavy atom. The molecule has 0 saturated carbocycles. The quantitative estimate of drug-likeness (QED) is 0.494. The van der Waals surface area contributed by atoms with Gasteiger partial charge in [-0.3, -0.25) is 14.9 Å². The molecule has 0 saturated heterocycles. The van der Waals surface area contributed by atoms with Crippen molar-refractivity contribution in [1.29, 1.82) is 0 Å². The van der Waals surface area contributed by atoms with Crippen molar-refractivity contribution in [2.75, 3.05) is 13.7 Å². The Morgan fingerprint density at radius 1 is 1.26 bits per heavy atom. The highest BCUT2D eigenvalue weighted by Gasteiger charge is 2.24. The van der Waals surface area contributed by atoms with E-state index in [1.54, 1.807) is 36.4 Å². The van der Waals surface area contributed by atoms with Crippen molar-refractivity contribution >= 4 is 17.5 Å². The monoisotopic (exact) mass is 311 g/mol. The molecular formula is C17H13NO5. The topological polar surface area (TPSA) is 78.7 Å². The van der Waals surface area contributed by atoms with Gasteiger partial charge >= 0.3 is 0 Å². The third kappa shape index (κ3) is 2.91. The summed E-state index contributed by atoms with van der Waals surface area (Å²) in [5.74, 6) is 0.904. The summed E-state index contributed by atoms with van der Waals surface area (Å²) in [5.41, 5.74) is 1.42. The average Bonchev–Trinajstić information content (AvgIpc) is 2.57. The molecule has 6 heteroatoms. The molecule has 2 aromatic rings. The van der Waals surface area contributed by atoms with Gasteiger partial charge in [0.1, 0.15) is 18.1 Å². The van der Waals surface area contributed by atoms with Crippen LogP contribution in [0, 0.1) is 10.1 Å². The van der Waals surface area contributed by atoms with Gasteiger partial charge < -0.3 is 9.47 Å². The van der Waals surface area contributed by atoms with Crippen LogP contribution in [-0.4, -0.2) is 24.4 Å². The summed E-state index contributed by atoms with van der Waals surface area (Å²) < 4.78 is 10.7. The zero-order valence-corrected chi connectivity index (χ0v) is 12.3. The lowest BCUT2D eigenvalue weighted by Gasteiger charge is -2.19. The second-order valence-corrected chi connectivity index (χ2v) is 5.00. The Labute approximate surface area is 132 Å². The molecule has 0 fully saturated rings. The highest BCUT2D eigenvalue weighted by molar-refractivity contribution is 6.14. The molecule has 0 aromatic heterocycles. The van der Waals surface area contributed by atoms with Crippen LogP contribution in [0.15, 0.2) is 48.0 Å². The molecule has 1 heterocycles. The maximum atomic E-state index is 12.6. The molecule has 1 aliphatic heterocycles. The number of nitro benzene ring substituents is 1. The molecule has 2 aromatic carbocycles. The lowest BCUT2D eigenvalue weighted by atomic mass is 9.98. The fraction of sp³-hybridized carbons (Fsp3) is 0.118. The molecule has 3 rings (SSSR count). The predicted octanol–water partition coefficient (Wildman–Crippen LogP) is 3.26. The number of benzene rings is 2. The fourth-order valence-corrected chi connectivity index (χ4v) is 2.37. The molecular weight excluding hydrogens is 298 g/mol. The van der Waals surface area contributed by atoms with Crippen LogP contribution in [0.4, 0.5) is 5.69 Å². The smallest absolute Gasteiger partial charge is 0.270 e. The molecule has 1 aliphatic rings. The first-order valence-corrected chi connectivity index (χ1v) is 6.89. The second-order valence-electron chi connectivity index (χ2n) is 5.00. The van der Waals surface area contributed by atoms with E-state index in [2.05, 4.69) is 0 Å². The Kier molecular flexibility index (Phi) is 3.80. The first kappa shape index (κ1) is 14.8. The molecule has 23 heavy (non-hydrogen) atoms. The number of fused-ring (bicyclic) bond motifs is 1. The minimum Gasteiger partial charge on any atom is -0.497 e. The Bertz CT molecular complexity index is 825. The molecule has 0 bridgehead atoms. The molecule has 0 unspecified atom stereocenters. The Morgan fingerprint density at radius 3 is 2.83 bits per heavy atom. The zero-order chi connectivity index (χ0) is 16.4. The van der Waals surface area contributed by atoms with E-state index in [0.29, 0.717) is 28.2 Å². The number of carbonyl (C=O) groups is 1. The number of non-ortho nitro benzene ring substituents is 1. The summed E-state index contributed by atoms with van der Waals surface area (Å²) in [5, 5.41) is 10.8. The van der Waals surface area contributed by atoms with Crippen molar-refractivity contribution in [3.8, 4) is 11.5 Å². The summed E-state index contributed by atoms with van der Waals surface area (Å²) in [4.78, 5) is 22.9. The van der Waals surface area contributed by atoms with Crippen LogP contribution in [0.2, 0.25) is 0 Å². The van der Waals surface area contributed by atoms with Crippen LogP contribution in [-0.2, 0) is 0 Å². The lowest BCUT2D eigenvalue weighted by molar-refractivity contribution is -0.384. The number of hydrogen-bond acceptors (Lipinski definition) is 5. The molecule has 0 aliphatic carbocycles. The van der Waals surface area contributed by atoms with Gasteiger partial charge in [-0.05, 0) is 29.8 Å². The van der Waals surface area contributed by atoms with E-state index in [1.807, 2.05) is 0 Å². The van der Waals surface area contributed by atoms with Crippen molar-refractivity contribution in [2.24, 2.45) is 0 Å². The van der Waals surface area contributed by atoms with Crippen LogP contribution in [0.5, 0.6) is 11.5 Å². The summed E-state index contributed by atoms with van der Waals surface area (Å²) in [7, 11) is 1.52. The number of ketones is 1. The van der Waals surface area contributed by atoms with Gasteiger partial charge in [0.25, 0.3) is 5.69 Å². The zero-order valence-electron chi connectivity index (χ0n) is 12.3. The molecule has 0 amide bonds. The Balaban J connectivity index is 1.97. The van der Waals surface area contributed by atoms with E-state index in [1.165, 1.54) is 19.2 Å². The second kappa shape index (κ2) is 5.92. The SMILES string of the molecule is COc1ccc2c(c1)C(=O)/C(=C/c1cccc([N+](=O)[O-])c1)CO2. The van der Waals surface area contributed by atoms with Gasteiger partial charge in [0, 0.05) is 17.7 Å². The average molecular weight is 311 g/mol. The molecule has 6 nitrogen and oxygen atoms in total. The highest BCUT2D eigenvalue weighted by Crippen LogP contribution is 2.31. The lowest BCUT2D eigenvalue weighted by Crippen LogP contribution is -2.19. The number of Topliss-reactive ketones (excluding diaryl/α,β-unsaturated/α-hetero) is 1. The third-order valence-corrected chi connectivity index (χ3v) is 3.53. The first-order chi connectivity index (χ1) is 11.1. The largest absolute Gasteiger partial charge is 0.497 e. The number of hydrogen-bond donors (Lipinski definition) is 0. The van der Waals surface area contributed by atoms with Crippen molar-refractivity contribution in [1.82, 2.24) is 0 Å². The van der Waals surface area contributed by atoms with Gasteiger partial charge in [0.2, 0.25) is 0 Å². The number of carbonyl (C=O) groups excluding carboxylic acids is 1. The van der Waals surface area contributed by atoms with E-state index in [-0.39, 0.29) is 18.1 Å². The van der Waals surface area contributed by atoms with E-state index in [4.69, 9.17) is 9.47 Å². The van der Waals surface area contributed by atoms with Gasteiger partial charge in [-0.15, -0.1) is 0 Å². The van der Waals surface area contributed by atoms with Crippen molar-refractivity contribution in [3.63, 3.8) is 0 Å². The number of nitrogens with zero attached hydrogens (tertiary/aromatic N) is 1. The van der Waals surface area contributed by atoms with Crippen LogP contribution in [0.1, 0.15) is 15.9 Å². The van der Waals surface area contributed by atoms with Crippen LogP contribution >= 0.6 is 0 Å². The van der Waals surface area contributed by atoms with Crippen molar-refractivity contribution in [3.05, 3.63) is 69.3 Å². The van der Waals surface area contributed by atoms with E-state index in [0.717, 1.165) is 0 Å². The standard InChI is InChI=1S/C17H13NO5/c1-22-14-5-6-16-15(9-14)17(19)12(10-23-16)7-11-3-2-4-13(8-11)18(20)21/h2-9H,10H2,1H3/b12-7+. The van der Waals surface area contributed by atoms with E-state index >= 15 is 0 Å². The van der Waals surface area contributed by atoms with Gasteiger partial charge in [0.15, 0.2) is 5.78 Å². The fourth-order valence-electron chi connectivity index (χ4n) is 2.37. The van der Waals surface area contributed by atoms with Gasteiger partial charge in [-0.25, -0.2) is 0 Å². The van der Waals surface area contributed by atoms with Crippen LogP contribution in [0.25, 0.3) is 6.08 Å². The minimum atomic E-state index is -0.471. The molecule has 0 atom stereocenters. The molecule has 116 valence electrons. The molecule has 0 radical (unpaired) electrons. The third-order valence-electron chi connectivity index (χ3n) is 3.53. The van der Waals surface area contributed by atoms with E-state index < -0.39 is 4.92 Å². The van der Waals surface area contributed by atoms with Crippen LogP contribution < -0.4 is 9.47 Å². The van der Waals surface area contributed by atoms with Gasteiger partial charge in [0.05, 0.1) is 17.6 Å². The minimum absolute atomic E-state index is 0.0226. The predicted molar refractivity (Wildman–Crippen MR) is 83.9 cm³/mol. The highest BCUT2D eigenvalue weighted by atomic mass is 16.6. The number of nitro groups is 1. The maximum absolute atomic E-state index is 12.6. The molecule has 0 N–H and O–H groups in total. The normalized spacial score (nSPS) is 15.0. The van der Waals surface area contributed by atoms with Gasteiger partial charge in [-0.2, -0.15) is 0 Å². The Hall–Kier alpha value is -3.15. The summed E-state index contributed by atoms with van der Waals surface area (Å²) in [6.45, 7) is 0.126. The molecule has 0 spiro atoms.